The van der Waals surface area contributed by atoms with Gasteiger partial charge in [0.25, 0.3) is 0 Å². The Balaban J connectivity index is 1.60. The molecule has 1 aliphatic rings. The molecule has 0 radical (unpaired) electrons. The van der Waals surface area contributed by atoms with Crippen LogP contribution in [0.1, 0.15) is 22.7 Å². The van der Waals surface area contributed by atoms with Crippen molar-refractivity contribution in [3.63, 3.8) is 0 Å². The zero-order valence-electron chi connectivity index (χ0n) is 15.3. The topological polar surface area (TPSA) is 95.7 Å². The average Bonchev–Trinajstić information content (AvgIpc) is 3.23. The Morgan fingerprint density at radius 3 is 2.82 bits per heavy atom. The first kappa shape index (κ1) is 17.8. The zero-order valence-corrected chi connectivity index (χ0v) is 15.3. The molecule has 1 atom stereocenters. The molecule has 0 fully saturated rings. The van der Waals surface area contributed by atoms with Crippen LogP contribution in [0.25, 0.3) is 11.5 Å². The summed E-state index contributed by atoms with van der Waals surface area (Å²) >= 11 is 0. The number of aliphatic carboxylic acids is 1. The molecule has 28 heavy (non-hydrogen) atoms. The van der Waals surface area contributed by atoms with E-state index in [4.69, 9.17) is 4.42 Å². The second-order valence-electron chi connectivity index (χ2n) is 6.68. The Kier molecular flexibility index (Phi) is 4.57. The molecule has 0 spiro atoms. The molecule has 1 unspecified atom stereocenters. The van der Waals surface area contributed by atoms with Crippen LogP contribution in [0, 0.1) is 6.92 Å². The minimum atomic E-state index is -1.05. The van der Waals surface area contributed by atoms with Crippen molar-refractivity contribution in [1.82, 2.24) is 9.88 Å². The summed E-state index contributed by atoms with van der Waals surface area (Å²) in [6, 6.07) is 11.3. The first-order valence-corrected chi connectivity index (χ1v) is 8.93. The molecule has 2 N–H and O–H groups in total. The maximum Gasteiger partial charge on any atom is 0.331 e. The van der Waals surface area contributed by atoms with E-state index in [1.165, 1.54) is 11.2 Å². The van der Waals surface area contributed by atoms with Gasteiger partial charge < -0.3 is 19.7 Å². The van der Waals surface area contributed by atoms with E-state index in [1.807, 2.05) is 25.1 Å². The molecule has 1 aromatic heterocycles. The summed E-state index contributed by atoms with van der Waals surface area (Å²) in [5.74, 6) is -0.587. The number of amides is 2. The lowest BCUT2D eigenvalue weighted by Crippen LogP contribution is -2.45. The van der Waals surface area contributed by atoms with Gasteiger partial charge in [-0.3, -0.25) is 0 Å². The second-order valence-corrected chi connectivity index (χ2v) is 6.68. The number of urea groups is 1. The van der Waals surface area contributed by atoms with Crippen LogP contribution in [0.2, 0.25) is 0 Å². The van der Waals surface area contributed by atoms with E-state index < -0.39 is 18.0 Å². The zero-order chi connectivity index (χ0) is 19.7. The maximum atomic E-state index is 12.9. The van der Waals surface area contributed by atoms with Crippen molar-refractivity contribution in [2.45, 2.75) is 19.4 Å². The SMILES string of the molecule is Cc1ccc(NC(=O)N2CCc3ccccc3C2C(=O)O)cc1-c1ncco1. The minimum Gasteiger partial charge on any atom is -0.479 e. The van der Waals surface area contributed by atoms with Gasteiger partial charge in [0.1, 0.15) is 6.26 Å². The van der Waals surface area contributed by atoms with Crippen LogP contribution >= 0.6 is 0 Å². The fourth-order valence-electron chi connectivity index (χ4n) is 3.53. The summed E-state index contributed by atoms with van der Waals surface area (Å²) in [6.07, 6.45) is 3.66. The number of aromatic nitrogens is 1. The van der Waals surface area contributed by atoms with Crippen molar-refractivity contribution in [2.24, 2.45) is 0 Å². The smallest absolute Gasteiger partial charge is 0.331 e. The normalized spacial score (nSPS) is 15.8. The van der Waals surface area contributed by atoms with Crippen molar-refractivity contribution < 1.29 is 19.1 Å². The van der Waals surface area contributed by atoms with Gasteiger partial charge in [0.15, 0.2) is 6.04 Å². The summed E-state index contributed by atoms with van der Waals surface area (Å²) in [4.78, 5) is 30.3. The second kappa shape index (κ2) is 7.19. The van der Waals surface area contributed by atoms with Crippen molar-refractivity contribution in [1.29, 1.82) is 0 Å². The number of carbonyl (C=O) groups is 2. The Morgan fingerprint density at radius 1 is 1.25 bits per heavy atom. The Bertz CT molecular complexity index is 1030. The van der Waals surface area contributed by atoms with Crippen LogP contribution in [0.3, 0.4) is 0 Å². The van der Waals surface area contributed by atoms with E-state index in [0.29, 0.717) is 30.1 Å². The number of nitrogens with zero attached hydrogens (tertiary/aromatic N) is 2. The molecule has 0 saturated carbocycles. The number of anilines is 1. The fraction of sp³-hybridized carbons (Fsp3) is 0.190. The molecule has 2 amide bonds. The van der Waals surface area contributed by atoms with Crippen LogP contribution in [0.15, 0.2) is 59.3 Å². The highest BCUT2D eigenvalue weighted by molar-refractivity contribution is 5.93. The number of carboxylic acids is 1. The predicted octanol–water partition coefficient (Wildman–Crippen LogP) is 3.87. The number of fused-ring (bicyclic) bond motifs is 1. The number of carboxylic acid groups (broad SMARTS) is 1. The van der Waals surface area contributed by atoms with Gasteiger partial charge in [0.05, 0.1) is 6.20 Å². The van der Waals surface area contributed by atoms with Crippen LogP contribution in [0.4, 0.5) is 10.5 Å². The van der Waals surface area contributed by atoms with Crippen molar-refractivity contribution in [3.8, 4) is 11.5 Å². The number of benzene rings is 2. The van der Waals surface area contributed by atoms with E-state index >= 15 is 0 Å². The number of rotatable bonds is 3. The number of carbonyl (C=O) groups excluding carboxylic acids is 1. The Hall–Kier alpha value is -3.61. The lowest BCUT2D eigenvalue weighted by molar-refractivity contribution is -0.142. The lowest BCUT2D eigenvalue weighted by Gasteiger charge is -2.34. The summed E-state index contributed by atoms with van der Waals surface area (Å²) in [5.41, 5.74) is 3.88. The van der Waals surface area contributed by atoms with Crippen LogP contribution < -0.4 is 5.32 Å². The largest absolute Gasteiger partial charge is 0.479 e. The molecular formula is C21H19N3O4. The molecular weight excluding hydrogens is 358 g/mol. The van der Waals surface area contributed by atoms with Crippen LogP contribution in [-0.2, 0) is 11.2 Å². The molecule has 0 aliphatic carbocycles. The number of hydrogen-bond donors (Lipinski definition) is 2. The summed E-state index contributed by atoms with van der Waals surface area (Å²) in [6.45, 7) is 2.26. The molecule has 1 aliphatic heterocycles. The number of oxazole rings is 1. The molecule has 4 rings (SSSR count). The van der Waals surface area contributed by atoms with Crippen LogP contribution in [-0.4, -0.2) is 33.5 Å². The highest BCUT2D eigenvalue weighted by Gasteiger charge is 2.35. The van der Waals surface area contributed by atoms with Crippen LogP contribution in [0.5, 0.6) is 0 Å². The van der Waals surface area contributed by atoms with Gasteiger partial charge in [-0.2, -0.15) is 0 Å². The van der Waals surface area contributed by atoms with E-state index in [2.05, 4.69) is 10.3 Å². The quantitative estimate of drug-likeness (QED) is 0.722. The van der Waals surface area contributed by atoms with Crippen molar-refractivity contribution in [2.75, 3.05) is 11.9 Å². The molecule has 2 heterocycles. The van der Waals surface area contributed by atoms with Gasteiger partial charge in [-0.15, -0.1) is 0 Å². The van der Waals surface area contributed by atoms with E-state index in [0.717, 1.165) is 16.7 Å². The third-order valence-electron chi connectivity index (χ3n) is 4.93. The fourth-order valence-corrected chi connectivity index (χ4v) is 3.53. The maximum absolute atomic E-state index is 12.9. The van der Waals surface area contributed by atoms with Gasteiger partial charge in [0, 0.05) is 17.8 Å². The number of hydrogen-bond acceptors (Lipinski definition) is 4. The molecule has 0 bridgehead atoms. The van der Waals surface area contributed by atoms with Crippen molar-refractivity contribution in [3.05, 3.63) is 71.6 Å². The van der Waals surface area contributed by atoms with E-state index in [1.54, 1.807) is 30.5 Å². The van der Waals surface area contributed by atoms with Gasteiger partial charge in [-0.1, -0.05) is 30.3 Å². The summed E-state index contributed by atoms with van der Waals surface area (Å²) < 4.78 is 5.35. The Labute approximate surface area is 161 Å². The van der Waals surface area contributed by atoms with E-state index in [-0.39, 0.29) is 0 Å². The molecule has 3 aromatic rings. The third kappa shape index (κ3) is 3.22. The molecule has 2 aromatic carbocycles. The van der Waals surface area contributed by atoms with E-state index in [9.17, 15) is 14.7 Å². The predicted molar refractivity (Wildman–Crippen MR) is 103 cm³/mol. The standard InChI is InChI=1S/C21H19N3O4/c1-13-6-7-15(12-17(13)19-22-9-11-28-19)23-21(27)24-10-8-14-4-2-3-5-16(14)18(24)20(25)26/h2-7,9,11-12,18H,8,10H2,1H3,(H,23,27)(H,25,26). The van der Waals surface area contributed by atoms with Gasteiger partial charge in [-0.05, 0) is 42.2 Å². The first-order valence-electron chi connectivity index (χ1n) is 8.93. The monoisotopic (exact) mass is 377 g/mol. The van der Waals surface area contributed by atoms with Gasteiger partial charge >= 0.3 is 12.0 Å². The lowest BCUT2D eigenvalue weighted by atomic mass is 9.93. The average molecular weight is 377 g/mol. The van der Waals surface area contributed by atoms with Gasteiger partial charge in [0.2, 0.25) is 5.89 Å². The summed E-state index contributed by atoms with van der Waals surface area (Å²) in [7, 11) is 0. The molecule has 7 nitrogen and oxygen atoms in total. The summed E-state index contributed by atoms with van der Waals surface area (Å²) in [5, 5.41) is 12.5. The number of nitrogens with one attached hydrogen (secondary N) is 1. The molecule has 142 valence electrons. The highest BCUT2D eigenvalue weighted by atomic mass is 16.4. The molecule has 0 saturated heterocycles. The first-order chi connectivity index (χ1) is 13.5. The highest BCUT2D eigenvalue weighted by Crippen LogP contribution is 2.31. The van der Waals surface area contributed by atoms with Gasteiger partial charge in [-0.25, -0.2) is 14.6 Å². The minimum absolute atomic E-state index is 0.332. The number of aryl methyl sites for hydroxylation is 1. The third-order valence-corrected chi connectivity index (χ3v) is 4.93. The Morgan fingerprint density at radius 2 is 2.07 bits per heavy atom. The molecule has 7 heteroatoms. The van der Waals surface area contributed by atoms with Crippen molar-refractivity contribution >= 4 is 17.7 Å².